The summed E-state index contributed by atoms with van der Waals surface area (Å²) in [6, 6.07) is 8.52. The van der Waals surface area contributed by atoms with Crippen molar-refractivity contribution in [2.75, 3.05) is 0 Å². The van der Waals surface area contributed by atoms with Crippen LogP contribution in [0, 0.1) is 11.8 Å². The molecule has 3 rings (SSSR count). The van der Waals surface area contributed by atoms with E-state index in [4.69, 9.17) is 0 Å². The lowest BCUT2D eigenvalue weighted by atomic mass is 9.77. The fourth-order valence-corrected chi connectivity index (χ4v) is 3.20. The molecule has 17 heavy (non-hydrogen) atoms. The zero-order valence-electron chi connectivity index (χ0n) is 10.5. The molecule has 0 heterocycles. The van der Waals surface area contributed by atoms with E-state index in [9.17, 15) is 4.79 Å². The monoisotopic (exact) mass is 228 g/mol. The number of carbonyl (C=O) groups excluding carboxylic acids is 1. The normalized spacial score (nSPS) is 25.1. The Bertz CT molecular complexity index is 431. The highest BCUT2D eigenvalue weighted by Crippen LogP contribution is 2.42. The first-order valence-electron chi connectivity index (χ1n) is 6.89. The van der Waals surface area contributed by atoms with E-state index < -0.39 is 0 Å². The zero-order valence-corrected chi connectivity index (χ0v) is 10.5. The first-order valence-corrected chi connectivity index (χ1v) is 6.89. The molecule has 2 unspecified atom stereocenters. The van der Waals surface area contributed by atoms with E-state index in [1.165, 1.54) is 30.4 Å². The van der Waals surface area contributed by atoms with Crippen LogP contribution in [0.1, 0.15) is 49.7 Å². The Morgan fingerprint density at radius 2 is 2.00 bits per heavy atom. The van der Waals surface area contributed by atoms with E-state index in [1.54, 1.807) is 0 Å². The second-order valence-electron chi connectivity index (χ2n) is 5.67. The largest absolute Gasteiger partial charge is 0.299 e. The molecule has 2 aliphatic rings. The Morgan fingerprint density at radius 3 is 2.76 bits per heavy atom. The highest BCUT2D eigenvalue weighted by molar-refractivity contribution is 5.88. The third kappa shape index (κ3) is 2.03. The maximum absolute atomic E-state index is 12.5. The van der Waals surface area contributed by atoms with E-state index in [0.717, 1.165) is 12.8 Å². The maximum Gasteiger partial charge on any atom is 0.143 e. The minimum Gasteiger partial charge on any atom is -0.299 e. The summed E-state index contributed by atoms with van der Waals surface area (Å²) in [5.41, 5.74) is 2.72. The van der Waals surface area contributed by atoms with Gasteiger partial charge in [0.1, 0.15) is 5.78 Å². The predicted octanol–water partition coefficient (Wildman–Crippen LogP) is 3.72. The van der Waals surface area contributed by atoms with Gasteiger partial charge in [0.2, 0.25) is 0 Å². The lowest BCUT2D eigenvalue weighted by molar-refractivity contribution is -0.124. The number of benzene rings is 1. The number of ketones is 1. The Balaban J connectivity index is 1.86. The Hall–Kier alpha value is -1.11. The molecule has 2 atom stereocenters. The van der Waals surface area contributed by atoms with Crippen LogP contribution >= 0.6 is 0 Å². The topological polar surface area (TPSA) is 17.1 Å². The van der Waals surface area contributed by atoms with Crippen LogP contribution in [0.15, 0.2) is 24.3 Å². The van der Waals surface area contributed by atoms with Gasteiger partial charge in [-0.2, -0.15) is 0 Å². The summed E-state index contributed by atoms with van der Waals surface area (Å²) in [5.74, 6) is 1.66. The van der Waals surface area contributed by atoms with Crippen molar-refractivity contribution in [1.82, 2.24) is 0 Å². The van der Waals surface area contributed by atoms with Crippen LogP contribution in [0.25, 0.3) is 0 Å². The van der Waals surface area contributed by atoms with Gasteiger partial charge in [0.05, 0.1) is 0 Å². The molecular formula is C16H20O. The molecule has 0 bridgehead atoms. The van der Waals surface area contributed by atoms with Gasteiger partial charge in [0.25, 0.3) is 0 Å². The van der Waals surface area contributed by atoms with E-state index >= 15 is 0 Å². The number of Topliss-reactive ketones (excluding diaryl/α,β-unsaturated/α-hetero) is 1. The van der Waals surface area contributed by atoms with Gasteiger partial charge in [-0.3, -0.25) is 4.79 Å². The predicted molar refractivity (Wildman–Crippen MR) is 69.0 cm³/mol. The molecule has 1 aromatic carbocycles. The van der Waals surface area contributed by atoms with Crippen molar-refractivity contribution >= 4 is 5.78 Å². The fourth-order valence-electron chi connectivity index (χ4n) is 3.20. The molecule has 0 saturated heterocycles. The van der Waals surface area contributed by atoms with Crippen molar-refractivity contribution in [3.63, 3.8) is 0 Å². The number of rotatable bonds is 3. The minimum absolute atomic E-state index is 0.190. The number of aryl methyl sites for hydroxylation is 1. The smallest absolute Gasteiger partial charge is 0.143 e. The van der Waals surface area contributed by atoms with Gasteiger partial charge in [-0.05, 0) is 49.1 Å². The van der Waals surface area contributed by atoms with E-state index in [1.807, 2.05) is 0 Å². The average molecular weight is 228 g/mol. The quantitative estimate of drug-likeness (QED) is 0.770. The fraction of sp³-hybridized carbons (Fsp3) is 0.562. The van der Waals surface area contributed by atoms with Gasteiger partial charge in [-0.25, -0.2) is 0 Å². The van der Waals surface area contributed by atoms with Crippen molar-refractivity contribution in [3.05, 3.63) is 35.4 Å². The second kappa shape index (κ2) is 4.29. The molecule has 1 heteroatoms. The Kier molecular flexibility index (Phi) is 2.78. The summed E-state index contributed by atoms with van der Waals surface area (Å²) >= 11 is 0. The Labute approximate surface area is 103 Å². The van der Waals surface area contributed by atoms with Gasteiger partial charge in [0.15, 0.2) is 0 Å². The van der Waals surface area contributed by atoms with Crippen molar-refractivity contribution < 1.29 is 4.79 Å². The summed E-state index contributed by atoms with van der Waals surface area (Å²) in [5, 5.41) is 0. The lowest BCUT2D eigenvalue weighted by Gasteiger charge is -2.26. The van der Waals surface area contributed by atoms with Crippen molar-refractivity contribution in [2.45, 2.75) is 44.9 Å². The minimum atomic E-state index is 0.190. The number of hydrogen-bond donors (Lipinski definition) is 0. The summed E-state index contributed by atoms with van der Waals surface area (Å²) < 4.78 is 0. The zero-order chi connectivity index (χ0) is 11.8. The average Bonchev–Trinajstić information content (AvgIpc) is 3.20. The molecule has 1 aromatic rings. The van der Waals surface area contributed by atoms with Gasteiger partial charge in [-0.15, -0.1) is 0 Å². The number of hydrogen-bond acceptors (Lipinski definition) is 1. The lowest BCUT2D eigenvalue weighted by Crippen LogP contribution is -2.24. The molecule has 90 valence electrons. The Morgan fingerprint density at radius 1 is 1.24 bits per heavy atom. The van der Waals surface area contributed by atoms with Crippen LogP contribution in [0.3, 0.4) is 0 Å². The molecule has 1 saturated carbocycles. The van der Waals surface area contributed by atoms with Crippen LogP contribution in [0.4, 0.5) is 0 Å². The molecule has 0 aromatic heterocycles. The van der Waals surface area contributed by atoms with Gasteiger partial charge < -0.3 is 0 Å². The molecule has 1 fully saturated rings. The number of fused-ring (bicyclic) bond motifs is 1. The van der Waals surface area contributed by atoms with Gasteiger partial charge in [-0.1, -0.05) is 31.2 Å². The van der Waals surface area contributed by atoms with Crippen LogP contribution in [0.5, 0.6) is 0 Å². The molecule has 2 aliphatic carbocycles. The number of carbonyl (C=O) groups is 1. The first-order chi connectivity index (χ1) is 8.27. The third-order valence-electron chi connectivity index (χ3n) is 4.49. The van der Waals surface area contributed by atoms with Crippen LogP contribution < -0.4 is 0 Å². The standard InChI is InChI=1S/C16H20O/c1-11(12-9-10-12)16(17)15-8-4-6-13-5-2-3-7-14(13)15/h2-3,5,7,11-12,15H,4,6,8-10H2,1H3. The van der Waals surface area contributed by atoms with Crippen molar-refractivity contribution in [2.24, 2.45) is 11.8 Å². The second-order valence-corrected chi connectivity index (χ2v) is 5.67. The molecular weight excluding hydrogens is 208 g/mol. The van der Waals surface area contributed by atoms with E-state index in [-0.39, 0.29) is 11.8 Å². The van der Waals surface area contributed by atoms with Crippen LogP contribution in [-0.4, -0.2) is 5.78 Å². The molecule has 1 nitrogen and oxygen atoms in total. The molecule has 0 aliphatic heterocycles. The molecule has 0 amide bonds. The molecule has 0 N–H and O–H groups in total. The maximum atomic E-state index is 12.5. The first kappa shape index (κ1) is 11.0. The summed E-state index contributed by atoms with van der Waals surface area (Å²) in [4.78, 5) is 12.5. The highest BCUT2D eigenvalue weighted by Gasteiger charge is 2.37. The van der Waals surface area contributed by atoms with Crippen molar-refractivity contribution in [1.29, 1.82) is 0 Å². The van der Waals surface area contributed by atoms with Crippen LogP contribution in [-0.2, 0) is 11.2 Å². The summed E-state index contributed by atoms with van der Waals surface area (Å²) in [7, 11) is 0. The summed E-state index contributed by atoms with van der Waals surface area (Å²) in [6.45, 7) is 2.14. The van der Waals surface area contributed by atoms with Gasteiger partial charge in [0, 0.05) is 11.8 Å². The van der Waals surface area contributed by atoms with E-state index in [0.29, 0.717) is 11.7 Å². The molecule has 0 radical (unpaired) electrons. The van der Waals surface area contributed by atoms with Crippen molar-refractivity contribution in [3.8, 4) is 0 Å². The summed E-state index contributed by atoms with van der Waals surface area (Å²) in [6.07, 6.45) is 5.91. The van der Waals surface area contributed by atoms with Crippen LogP contribution in [0.2, 0.25) is 0 Å². The van der Waals surface area contributed by atoms with E-state index in [2.05, 4.69) is 31.2 Å². The molecule has 0 spiro atoms. The third-order valence-corrected chi connectivity index (χ3v) is 4.49. The highest BCUT2D eigenvalue weighted by atomic mass is 16.1. The SMILES string of the molecule is CC(C(=O)C1CCCc2ccccc21)C1CC1. The van der Waals surface area contributed by atoms with Gasteiger partial charge >= 0.3 is 0 Å².